The molecule has 2 aromatic rings. The summed E-state index contributed by atoms with van der Waals surface area (Å²) in [5.74, 6) is 0.213. The van der Waals surface area contributed by atoms with Gasteiger partial charge >= 0.3 is 0 Å². The van der Waals surface area contributed by atoms with Gasteiger partial charge in [-0.15, -0.1) is 0 Å². The highest BCUT2D eigenvalue weighted by molar-refractivity contribution is 9.10. The number of nitrogens with one attached hydrogen (secondary N) is 2. The molecular formula is C14H12BrCl2N3O. The number of anilines is 2. The summed E-state index contributed by atoms with van der Waals surface area (Å²) >= 11 is 15.2. The van der Waals surface area contributed by atoms with E-state index < -0.39 is 0 Å². The predicted octanol–water partition coefficient (Wildman–Crippen LogP) is 4.84. The summed E-state index contributed by atoms with van der Waals surface area (Å²) in [6.45, 7) is 2.65. The van der Waals surface area contributed by atoms with Crippen molar-refractivity contribution in [2.45, 2.75) is 6.92 Å². The van der Waals surface area contributed by atoms with Gasteiger partial charge in [0.1, 0.15) is 11.5 Å². The van der Waals surface area contributed by atoms with Gasteiger partial charge in [-0.25, -0.2) is 4.98 Å². The van der Waals surface area contributed by atoms with Crippen molar-refractivity contribution in [1.29, 1.82) is 0 Å². The van der Waals surface area contributed by atoms with Crippen LogP contribution >= 0.6 is 39.1 Å². The molecule has 0 aliphatic rings. The van der Waals surface area contributed by atoms with E-state index in [-0.39, 0.29) is 11.6 Å². The Morgan fingerprint density at radius 1 is 1.29 bits per heavy atom. The number of halogens is 3. The molecule has 21 heavy (non-hydrogen) atoms. The van der Waals surface area contributed by atoms with E-state index in [1.165, 1.54) is 0 Å². The number of amides is 1. The van der Waals surface area contributed by atoms with Crippen LogP contribution in [0.15, 0.2) is 34.8 Å². The topological polar surface area (TPSA) is 54.0 Å². The van der Waals surface area contributed by atoms with Crippen LogP contribution < -0.4 is 10.6 Å². The summed E-state index contributed by atoms with van der Waals surface area (Å²) in [5, 5.41) is 6.65. The van der Waals surface area contributed by atoms with Gasteiger partial charge in [-0.1, -0.05) is 23.2 Å². The first kappa shape index (κ1) is 16.1. The second-order valence-electron chi connectivity index (χ2n) is 4.14. The van der Waals surface area contributed by atoms with Gasteiger partial charge in [0.05, 0.1) is 10.7 Å². The molecule has 0 radical (unpaired) electrons. The summed E-state index contributed by atoms with van der Waals surface area (Å²) in [5.41, 5.74) is 0.757. The number of carbonyl (C=O) groups excluding carboxylic acids is 1. The lowest BCUT2D eigenvalue weighted by Gasteiger charge is -2.10. The van der Waals surface area contributed by atoms with Crippen LogP contribution in [0.25, 0.3) is 0 Å². The first-order valence-corrected chi connectivity index (χ1v) is 7.73. The summed E-state index contributed by atoms with van der Waals surface area (Å²) in [6, 6.07) is 8.44. The molecule has 1 heterocycles. The summed E-state index contributed by atoms with van der Waals surface area (Å²) in [7, 11) is 0. The first-order chi connectivity index (χ1) is 10.0. The first-order valence-electron chi connectivity index (χ1n) is 6.18. The molecule has 2 N–H and O–H groups in total. The third-order valence-corrected chi connectivity index (χ3v) is 3.79. The quantitative estimate of drug-likeness (QED) is 0.788. The van der Waals surface area contributed by atoms with Crippen molar-refractivity contribution >= 4 is 56.5 Å². The second-order valence-corrected chi connectivity index (χ2v) is 5.83. The van der Waals surface area contributed by atoms with Gasteiger partial charge in [0.15, 0.2) is 0 Å². The second kappa shape index (κ2) is 7.11. The molecule has 0 bridgehead atoms. The predicted molar refractivity (Wildman–Crippen MR) is 90.5 cm³/mol. The maximum atomic E-state index is 12.3. The molecule has 0 saturated heterocycles. The molecule has 2 rings (SSSR count). The Balaban J connectivity index is 2.25. The molecule has 0 fully saturated rings. The van der Waals surface area contributed by atoms with E-state index in [0.717, 1.165) is 0 Å². The van der Waals surface area contributed by atoms with Crippen LogP contribution in [0.2, 0.25) is 10.0 Å². The van der Waals surface area contributed by atoms with E-state index >= 15 is 0 Å². The average Bonchev–Trinajstić information content (AvgIpc) is 2.44. The van der Waals surface area contributed by atoms with Crippen molar-refractivity contribution < 1.29 is 4.79 Å². The SMILES string of the molecule is CCNc1ccc(Cl)c(C(=O)Nc2ccc(Cl)cc2Br)n1. The van der Waals surface area contributed by atoms with Gasteiger partial charge in [-0.3, -0.25) is 4.79 Å². The molecule has 1 aromatic carbocycles. The Bertz CT molecular complexity index is 679. The van der Waals surface area contributed by atoms with Crippen molar-refractivity contribution in [3.05, 3.63) is 50.5 Å². The van der Waals surface area contributed by atoms with Crippen LogP contribution in [0, 0.1) is 0 Å². The van der Waals surface area contributed by atoms with Crippen LogP contribution in [0.5, 0.6) is 0 Å². The third-order valence-electron chi connectivity index (χ3n) is 2.60. The third kappa shape index (κ3) is 4.09. The van der Waals surface area contributed by atoms with Crippen molar-refractivity contribution in [1.82, 2.24) is 4.98 Å². The van der Waals surface area contributed by atoms with Gasteiger partial charge in [0, 0.05) is 16.0 Å². The average molecular weight is 389 g/mol. The van der Waals surface area contributed by atoms with Gasteiger partial charge in [0.2, 0.25) is 0 Å². The van der Waals surface area contributed by atoms with E-state index in [1.807, 2.05) is 6.92 Å². The van der Waals surface area contributed by atoms with Crippen LogP contribution in [-0.4, -0.2) is 17.4 Å². The number of rotatable bonds is 4. The fraction of sp³-hybridized carbons (Fsp3) is 0.143. The molecule has 0 saturated carbocycles. The summed E-state index contributed by atoms with van der Waals surface area (Å²) in [4.78, 5) is 16.5. The molecule has 0 aliphatic heterocycles. The highest BCUT2D eigenvalue weighted by Gasteiger charge is 2.14. The Hall–Kier alpha value is -1.30. The number of hydrogen-bond donors (Lipinski definition) is 2. The number of hydrogen-bond acceptors (Lipinski definition) is 3. The Morgan fingerprint density at radius 2 is 2.05 bits per heavy atom. The minimum atomic E-state index is -0.386. The molecule has 4 nitrogen and oxygen atoms in total. The lowest BCUT2D eigenvalue weighted by molar-refractivity contribution is 0.102. The Kier molecular flexibility index (Phi) is 5.45. The van der Waals surface area contributed by atoms with Gasteiger partial charge < -0.3 is 10.6 Å². The number of pyridine rings is 1. The zero-order valence-electron chi connectivity index (χ0n) is 11.1. The summed E-state index contributed by atoms with van der Waals surface area (Å²) < 4.78 is 0.683. The highest BCUT2D eigenvalue weighted by Crippen LogP contribution is 2.27. The fourth-order valence-corrected chi connectivity index (χ4v) is 2.63. The molecule has 0 aliphatic carbocycles. The van der Waals surface area contributed by atoms with E-state index in [2.05, 4.69) is 31.5 Å². The molecule has 0 spiro atoms. The molecule has 1 amide bonds. The van der Waals surface area contributed by atoms with E-state index in [9.17, 15) is 4.79 Å². The van der Waals surface area contributed by atoms with E-state index in [1.54, 1.807) is 30.3 Å². The molecule has 7 heteroatoms. The standard InChI is InChI=1S/C14H12BrCl2N3O/c1-2-18-12-6-4-10(17)13(20-12)14(21)19-11-5-3-8(16)7-9(11)15/h3-7H,2H2,1H3,(H,18,20)(H,19,21). The molecular weight excluding hydrogens is 377 g/mol. The molecule has 0 unspecified atom stereocenters. The molecule has 0 atom stereocenters. The van der Waals surface area contributed by atoms with Crippen LogP contribution in [0.1, 0.15) is 17.4 Å². The number of nitrogens with zero attached hydrogens (tertiary/aromatic N) is 1. The van der Waals surface area contributed by atoms with Crippen LogP contribution in [0.3, 0.4) is 0 Å². The maximum Gasteiger partial charge on any atom is 0.275 e. The molecule has 1 aromatic heterocycles. The van der Waals surface area contributed by atoms with Crippen molar-refractivity contribution in [3.8, 4) is 0 Å². The number of benzene rings is 1. The van der Waals surface area contributed by atoms with Crippen molar-refractivity contribution in [2.75, 3.05) is 17.2 Å². The number of carbonyl (C=O) groups is 1. The van der Waals surface area contributed by atoms with Gasteiger partial charge in [-0.2, -0.15) is 0 Å². The highest BCUT2D eigenvalue weighted by atomic mass is 79.9. The normalized spacial score (nSPS) is 10.3. The van der Waals surface area contributed by atoms with Crippen molar-refractivity contribution in [2.24, 2.45) is 0 Å². The number of aromatic nitrogens is 1. The Morgan fingerprint density at radius 3 is 2.71 bits per heavy atom. The lowest BCUT2D eigenvalue weighted by atomic mass is 10.3. The molecule has 110 valence electrons. The Labute approximate surface area is 141 Å². The lowest BCUT2D eigenvalue weighted by Crippen LogP contribution is -2.15. The van der Waals surface area contributed by atoms with Crippen LogP contribution in [-0.2, 0) is 0 Å². The largest absolute Gasteiger partial charge is 0.370 e. The minimum Gasteiger partial charge on any atom is -0.370 e. The van der Waals surface area contributed by atoms with Crippen LogP contribution in [0.4, 0.5) is 11.5 Å². The smallest absolute Gasteiger partial charge is 0.275 e. The van der Waals surface area contributed by atoms with E-state index in [4.69, 9.17) is 23.2 Å². The van der Waals surface area contributed by atoms with Crippen molar-refractivity contribution in [3.63, 3.8) is 0 Å². The zero-order valence-corrected chi connectivity index (χ0v) is 14.2. The monoisotopic (exact) mass is 387 g/mol. The maximum absolute atomic E-state index is 12.3. The van der Waals surface area contributed by atoms with Gasteiger partial charge in [0.25, 0.3) is 5.91 Å². The van der Waals surface area contributed by atoms with E-state index in [0.29, 0.717) is 32.6 Å². The zero-order chi connectivity index (χ0) is 15.4. The fourth-order valence-electron chi connectivity index (χ4n) is 1.65. The minimum absolute atomic E-state index is 0.164. The summed E-state index contributed by atoms with van der Waals surface area (Å²) in [6.07, 6.45) is 0. The van der Waals surface area contributed by atoms with Gasteiger partial charge in [-0.05, 0) is 53.2 Å².